The zero-order valence-corrected chi connectivity index (χ0v) is 23.5. The average Bonchev–Trinajstić information content (AvgIpc) is 3.68. The number of aromatic nitrogens is 1. The molecule has 0 fully saturated rings. The maximum Gasteiger partial charge on any atom is 0.136 e. The molecule has 4 heterocycles. The van der Waals surface area contributed by atoms with Crippen LogP contribution in [-0.4, -0.2) is 10.3 Å². The zero-order chi connectivity index (χ0) is 28.4. The van der Waals surface area contributed by atoms with Gasteiger partial charge in [0.2, 0.25) is 0 Å². The zero-order valence-electron chi connectivity index (χ0n) is 22.6. The largest absolute Gasteiger partial charge is 0.456 e. The molecule has 2 aliphatic rings. The first-order valence-corrected chi connectivity index (χ1v) is 14.6. The van der Waals surface area contributed by atoms with E-state index in [1.165, 1.54) is 5.39 Å². The van der Waals surface area contributed by atoms with E-state index >= 15 is 0 Å². The summed E-state index contributed by atoms with van der Waals surface area (Å²) < 4.78 is 8.65. The Morgan fingerprint density at radius 3 is 2.52 bits per heavy atom. The average molecular weight is 560 g/mol. The van der Waals surface area contributed by atoms with Gasteiger partial charge in [0.1, 0.15) is 16.0 Å². The van der Waals surface area contributed by atoms with Crippen LogP contribution in [0.1, 0.15) is 16.0 Å². The highest BCUT2D eigenvalue weighted by Gasteiger charge is 2.22. The van der Waals surface area contributed by atoms with Gasteiger partial charge in [-0.15, -0.1) is 11.3 Å². The highest BCUT2D eigenvalue weighted by molar-refractivity contribution is 7.20. The minimum absolute atomic E-state index is 0.500. The van der Waals surface area contributed by atoms with Gasteiger partial charge in [0.05, 0.1) is 11.2 Å². The second-order valence-corrected chi connectivity index (χ2v) is 11.4. The molecule has 3 aromatic carbocycles. The normalized spacial score (nSPS) is 16.6. The molecule has 8 rings (SSSR count). The maximum absolute atomic E-state index is 8.26. The molecule has 0 amide bonds. The molecule has 2 N–H and O–H groups in total. The van der Waals surface area contributed by atoms with Crippen molar-refractivity contribution in [2.45, 2.75) is 0 Å². The van der Waals surface area contributed by atoms with Crippen LogP contribution in [0, 0.1) is 5.41 Å². The Bertz CT molecular complexity index is 2330. The van der Waals surface area contributed by atoms with Gasteiger partial charge in [0.15, 0.2) is 0 Å². The van der Waals surface area contributed by atoms with Crippen LogP contribution < -0.4 is 5.32 Å². The van der Waals surface area contributed by atoms with Crippen molar-refractivity contribution in [3.05, 3.63) is 144 Å². The molecular weight excluding hydrogens is 534 g/mol. The molecular formula is C37H25N3OS. The fraction of sp³-hybridized carbons (Fsp3) is 0. The third kappa shape index (κ3) is 3.57. The van der Waals surface area contributed by atoms with Gasteiger partial charge in [-0.2, -0.15) is 0 Å². The van der Waals surface area contributed by atoms with Crippen molar-refractivity contribution < 1.29 is 4.42 Å². The summed E-state index contributed by atoms with van der Waals surface area (Å²) in [5, 5.41) is 16.2. The Labute approximate surface area is 246 Å². The van der Waals surface area contributed by atoms with Gasteiger partial charge < -0.3 is 19.7 Å². The monoisotopic (exact) mass is 559 g/mol. The molecule has 0 unspecified atom stereocenters. The van der Waals surface area contributed by atoms with Crippen LogP contribution in [0.3, 0.4) is 0 Å². The van der Waals surface area contributed by atoms with Gasteiger partial charge >= 0.3 is 0 Å². The van der Waals surface area contributed by atoms with E-state index in [2.05, 4.69) is 77.6 Å². The van der Waals surface area contributed by atoms with Crippen LogP contribution in [0.25, 0.3) is 66.5 Å². The van der Waals surface area contributed by atoms with E-state index in [9.17, 15) is 0 Å². The first-order valence-electron chi connectivity index (χ1n) is 13.7. The third-order valence-electron chi connectivity index (χ3n) is 8.02. The number of nitrogens with zero attached hydrogens (tertiary/aromatic N) is 1. The molecule has 5 heteroatoms. The second-order valence-electron chi connectivity index (χ2n) is 10.4. The lowest BCUT2D eigenvalue weighted by Crippen LogP contribution is -2.14. The van der Waals surface area contributed by atoms with Crippen molar-refractivity contribution in [2.24, 2.45) is 0 Å². The van der Waals surface area contributed by atoms with Crippen LogP contribution in [0.4, 0.5) is 0 Å². The van der Waals surface area contributed by atoms with E-state index in [-0.39, 0.29) is 0 Å². The smallest absolute Gasteiger partial charge is 0.136 e. The summed E-state index contributed by atoms with van der Waals surface area (Å²) in [5.41, 5.74) is 9.54. The summed E-state index contributed by atoms with van der Waals surface area (Å²) in [6.07, 6.45) is 17.6. The van der Waals surface area contributed by atoms with Crippen LogP contribution in [0.5, 0.6) is 0 Å². The number of hydrogen-bond acceptors (Lipinski definition) is 4. The van der Waals surface area contributed by atoms with Gasteiger partial charge in [0.25, 0.3) is 0 Å². The molecule has 0 saturated carbocycles. The Morgan fingerprint density at radius 1 is 0.833 bits per heavy atom. The quantitative estimate of drug-likeness (QED) is 0.226. The molecule has 42 heavy (non-hydrogen) atoms. The molecule has 1 aliphatic heterocycles. The summed E-state index contributed by atoms with van der Waals surface area (Å²) in [6, 6.07) is 21.3. The highest BCUT2D eigenvalue weighted by Crippen LogP contribution is 2.44. The number of allylic oxidation sites excluding steroid dienone is 8. The first-order chi connectivity index (χ1) is 20.6. The number of fused-ring (bicyclic) bond motifs is 6. The lowest BCUT2D eigenvalue weighted by molar-refractivity contribution is 0.669. The topological polar surface area (TPSA) is 54.0 Å². The Morgan fingerprint density at radius 2 is 1.71 bits per heavy atom. The van der Waals surface area contributed by atoms with Crippen LogP contribution in [-0.2, 0) is 0 Å². The predicted octanol–water partition coefficient (Wildman–Crippen LogP) is 9.93. The Balaban J connectivity index is 1.32. The summed E-state index contributed by atoms with van der Waals surface area (Å²) in [4.78, 5) is 2.25. The van der Waals surface area contributed by atoms with Gasteiger partial charge in [-0.05, 0) is 53.6 Å². The fourth-order valence-electron chi connectivity index (χ4n) is 6.05. The van der Waals surface area contributed by atoms with Crippen LogP contribution in [0.2, 0.25) is 0 Å². The van der Waals surface area contributed by atoms with Gasteiger partial charge in [-0.25, -0.2) is 0 Å². The maximum atomic E-state index is 8.26. The molecule has 1 aliphatic carbocycles. The second kappa shape index (κ2) is 9.33. The summed E-state index contributed by atoms with van der Waals surface area (Å²) in [6.45, 7) is 8.23. The minimum Gasteiger partial charge on any atom is -0.456 e. The van der Waals surface area contributed by atoms with Crippen molar-refractivity contribution in [2.75, 3.05) is 0 Å². The molecule has 6 aromatic rings. The SMILES string of the molecule is C=Cc1sc2c(c1C=C)c1cc3oc4ccccc4c3cc1n2-c1cccc(C2=CN/C(=C3/C=CC=CC3=N)C=C2)c1. The first kappa shape index (κ1) is 24.4. The van der Waals surface area contributed by atoms with E-state index in [0.717, 1.165) is 76.2 Å². The van der Waals surface area contributed by atoms with Crippen molar-refractivity contribution in [3.8, 4) is 5.69 Å². The van der Waals surface area contributed by atoms with Crippen molar-refractivity contribution >= 4 is 77.8 Å². The highest BCUT2D eigenvalue weighted by atomic mass is 32.1. The summed E-state index contributed by atoms with van der Waals surface area (Å²) >= 11 is 1.73. The van der Waals surface area contributed by atoms with E-state index in [0.29, 0.717) is 5.71 Å². The van der Waals surface area contributed by atoms with Crippen LogP contribution in [0.15, 0.2) is 132 Å². The number of dihydropyridines is 1. The van der Waals surface area contributed by atoms with Crippen molar-refractivity contribution in [3.63, 3.8) is 0 Å². The van der Waals surface area contributed by atoms with Gasteiger partial charge in [-0.1, -0.05) is 79.9 Å². The number of hydrogen-bond donors (Lipinski definition) is 2. The van der Waals surface area contributed by atoms with E-state index in [1.807, 2.05) is 60.9 Å². The molecule has 3 aromatic heterocycles. The van der Waals surface area contributed by atoms with Gasteiger partial charge in [0, 0.05) is 55.1 Å². The minimum atomic E-state index is 0.500. The van der Waals surface area contributed by atoms with E-state index < -0.39 is 0 Å². The molecule has 0 atom stereocenters. The number of thiophene rings is 1. The molecule has 200 valence electrons. The van der Waals surface area contributed by atoms with Crippen LogP contribution >= 0.6 is 11.3 Å². The lowest BCUT2D eigenvalue weighted by Gasteiger charge is -2.16. The number of benzene rings is 3. The molecule has 0 radical (unpaired) electrons. The molecule has 0 spiro atoms. The fourth-order valence-corrected chi connectivity index (χ4v) is 7.25. The third-order valence-corrected chi connectivity index (χ3v) is 9.21. The number of nitrogens with one attached hydrogen (secondary N) is 2. The van der Waals surface area contributed by atoms with Crippen molar-refractivity contribution in [1.82, 2.24) is 9.88 Å². The standard InChI is InChI=1S/C37H25N3OS/c1-3-25-35(4-2)42-37-36(25)29-20-34-28(26-12-6-8-15-33(26)41-34)19-32(29)40(37)24-11-9-10-22(18-24)23-16-17-31(39-21-23)27-13-5-7-14-30(27)38/h3-21,38-39H,1-2H2/b31-27-,38-30?. The number of para-hydroxylation sites is 1. The van der Waals surface area contributed by atoms with E-state index in [1.54, 1.807) is 11.3 Å². The van der Waals surface area contributed by atoms with E-state index in [4.69, 9.17) is 9.83 Å². The number of furan rings is 1. The molecule has 0 bridgehead atoms. The lowest BCUT2D eigenvalue weighted by atomic mass is 9.99. The molecule has 0 saturated heterocycles. The van der Waals surface area contributed by atoms with Gasteiger partial charge in [-0.3, -0.25) is 0 Å². The Kier molecular flexibility index (Phi) is 5.42. The van der Waals surface area contributed by atoms with Crippen molar-refractivity contribution in [1.29, 1.82) is 5.41 Å². The summed E-state index contributed by atoms with van der Waals surface area (Å²) in [5.74, 6) is 0. The Hall–Kier alpha value is -5.39. The summed E-state index contributed by atoms with van der Waals surface area (Å²) in [7, 11) is 0. The molecule has 4 nitrogen and oxygen atoms in total. The predicted molar refractivity (Wildman–Crippen MR) is 179 cm³/mol. The number of rotatable bonds is 4.